The normalized spacial score (nSPS) is 17.4. The summed E-state index contributed by atoms with van der Waals surface area (Å²) in [6.07, 6.45) is 8.04. The summed E-state index contributed by atoms with van der Waals surface area (Å²) in [6.45, 7) is 2.04. The van der Waals surface area contributed by atoms with Crippen LogP contribution < -0.4 is 4.80 Å². The predicted octanol–water partition coefficient (Wildman–Crippen LogP) is 3.68. The number of aromatic nitrogens is 1. The summed E-state index contributed by atoms with van der Waals surface area (Å²) in [4.78, 5) is 5.85. The summed E-state index contributed by atoms with van der Waals surface area (Å²) in [7, 11) is 0. The highest BCUT2D eigenvalue weighted by Gasteiger charge is 2.12. The van der Waals surface area contributed by atoms with Gasteiger partial charge in [0.1, 0.15) is 5.75 Å². The van der Waals surface area contributed by atoms with Gasteiger partial charge in [-0.15, -0.1) is 11.3 Å². The number of phenolic OH excluding ortho intramolecular Hbond substituents is 1. The van der Waals surface area contributed by atoms with Gasteiger partial charge in [0.15, 0.2) is 0 Å². The second-order valence-electron chi connectivity index (χ2n) is 5.73. The summed E-state index contributed by atoms with van der Waals surface area (Å²) in [5, 5.41) is 16.1. The van der Waals surface area contributed by atoms with Gasteiger partial charge in [-0.1, -0.05) is 31.4 Å². The van der Waals surface area contributed by atoms with Crippen LogP contribution in [0.1, 0.15) is 43.4 Å². The molecule has 0 radical (unpaired) electrons. The van der Waals surface area contributed by atoms with Crippen LogP contribution in [0.3, 0.4) is 0 Å². The first kappa shape index (κ1) is 15.0. The number of hydrogen-bond donors (Lipinski definition) is 1. The number of benzene rings is 1. The molecule has 5 heteroatoms. The van der Waals surface area contributed by atoms with E-state index in [0.29, 0.717) is 6.04 Å². The molecule has 1 saturated carbocycles. The zero-order valence-electron chi connectivity index (χ0n) is 12.8. The van der Waals surface area contributed by atoms with Crippen LogP contribution in [0.15, 0.2) is 39.7 Å². The van der Waals surface area contributed by atoms with E-state index in [-0.39, 0.29) is 5.75 Å². The Morgan fingerprint density at radius 2 is 2.09 bits per heavy atom. The molecule has 116 valence electrons. The zero-order valence-corrected chi connectivity index (χ0v) is 13.6. The molecule has 0 aliphatic heterocycles. The van der Waals surface area contributed by atoms with Crippen LogP contribution in [0.4, 0.5) is 0 Å². The first-order chi connectivity index (χ1) is 10.7. The Hall–Kier alpha value is -1.88. The molecular weight excluding hydrogens is 294 g/mol. The maximum atomic E-state index is 9.51. The molecule has 0 unspecified atom stereocenters. The molecule has 1 heterocycles. The highest BCUT2D eigenvalue weighted by Crippen LogP contribution is 2.20. The molecule has 0 atom stereocenters. The van der Waals surface area contributed by atoms with Gasteiger partial charge in [-0.2, -0.15) is 5.10 Å². The minimum atomic E-state index is 0.253. The molecule has 0 spiro atoms. The number of phenols is 1. The van der Waals surface area contributed by atoms with Crippen molar-refractivity contribution in [3.05, 3.63) is 45.7 Å². The lowest BCUT2D eigenvalue weighted by Gasteiger charge is -2.16. The van der Waals surface area contributed by atoms with Crippen LogP contribution in [-0.4, -0.2) is 22.0 Å². The molecule has 1 aromatic carbocycles. The Kier molecular flexibility index (Phi) is 4.73. The Morgan fingerprint density at radius 1 is 1.27 bits per heavy atom. The standard InChI is InChI=1S/C17H21N3OS/c1-13-12-22-17(19-15-7-3-2-4-8-15)20(13)18-11-14-6-5-9-16(21)10-14/h5-6,9-12,15,21H,2-4,7-8H2,1H3. The van der Waals surface area contributed by atoms with Crippen molar-refractivity contribution in [2.24, 2.45) is 10.1 Å². The molecule has 0 saturated heterocycles. The van der Waals surface area contributed by atoms with E-state index in [1.165, 1.54) is 32.1 Å². The quantitative estimate of drug-likeness (QED) is 0.863. The third-order valence-corrected chi connectivity index (χ3v) is 4.86. The van der Waals surface area contributed by atoms with Crippen molar-refractivity contribution in [3.8, 4) is 5.75 Å². The molecule has 1 fully saturated rings. The third-order valence-electron chi connectivity index (χ3n) is 3.91. The fraction of sp³-hybridized carbons (Fsp3) is 0.412. The van der Waals surface area contributed by atoms with Gasteiger partial charge in [-0.05, 0) is 37.5 Å². The van der Waals surface area contributed by atoms with Crippen molar-refractivity contribution in [2.45, 2.75) is 45.1 Å². The first-order valence-electron chi connectivity index (χ1n) is 7.77. The second kappa shape index (κ2) is 6.92. The van der Waals surface area contributed by atoms with Gasteiger partial charge in [-0.25, -0.2) is 4.68 Å². The lowest BCUT2D eigenvalue weighted by atomic mass is 9.96. The number of aromatic hydroxyl groups is 1. The van der Waals surface area contributed by atoms with Gasteiger partial charge in [-0.3, -0.25) is 4.99 Å². The van der Waals surface area contributed by atoms with Gasteiger partial charge in [0, 0.05) is 5.38 Å². The maximum absolute atomic E-state index is 9.51. The van der Waals surface area contributed by atoms with Crippen molar-refractivity contribution in [1.82, 2.24) is 4.68 Å². The van der Waals surface area contributed by atoms with Crippen LogP contribution >= 0.6 is 11.3 Å². The number of rotatable bonds is 3. The molecule has 1 aliphatic carbocycles. The Bertz CT molecular complexity index is 724. The van der Waals surface area contributed by atoms with Gasteiger partial charge < -0.3 is 5.11 Å². The van der Waals surface area contributed by atoms with Crippen LogP contribution in [0.25, 0.3) is 0 Å². The van der Waals surface area contributed by atoms with Crippen molar-refractivity contribution >= 4 is 17.6 Å². The van der Waals surface area contributed by atoms with E-state index >= 15 is 0 Å². The highest BCUT2D eigenvalue weighted by atomic mass is 32.1. The Morgan fingerprint density at radius 3 is 2.86 bits per heavy atom. The van der Waals surface area contributed by atoms with Crippen LogP contribution in [0.5, 0.6) is 5.75 Å². The van der Waals surface area contributed by atoms with Crippen LogP contribution in [0.2, 0.25) is 0 Å². The molecule has 1 N–H and O–H groups in total. The molecule has 1 aliphatic rings. The van der Waals surface area contributed by atoms with Gasteiger partial charge in [0.25, 0.3) is 0 Å². The summed E-state index contributed by atoms with van der Waals surface area (Å²) >= 11 is 1.64. The van der Waals surface area contributed by atoms with Crippen molar-refractivity contribution < 1.29 is 5.11 Å². The summed E-state index contributed by atoms with van der Waals surface area (Å²) in [6, 6.07) is 7.53. The second-order valence-corrected chi connectivity index (χ2v) is 6.57. The first-order valence-corrected chi connectivity index (χ1v) is 8.65. The summed E-state index contributed by atoms with van der Waals surface area (Å²) in [5.41, 5.74) is 1.96. The van der Waals surface area contributed by atoms with E-state index < -0.39 is 0 Å². The number of hydrogen-bond acceptors (Lipinski definition) is 4. The predicted molar refractivity (Wildman–Crippen MR) is 90.6 cm³/mol. The number of nitrogens with zero attached hydrogens (tertiary/aromatic N) is 3. The van der Waals surface area contributed by atoms with Gasteiger partial charge in [0.05, 0.1) is 18.0 Å². The maximum Gasteiger partial charge on any atom is 0.206 e. The third kappa shape index (κ3) is 3.65. The fourth-order valence-electron chi connectivity index (χ4n) is 2.71. The van der Waals surface area contributed by atoms with E-state index in [4.69, 9.17) is 4.99 Å². The monoisotopic (exact) mass is 315 g/mol. The minimum absolute atomic E-state index is 0.253. The van der Waals surface area contributed by atoms with E-state index in [0.717, 1.165) is 16.1 Å². The molecule has 3 rings (SSSR count). The van der Waals surface area contributed by atoms with Gasteiger partial charge >= 0.3 is 0 Å². The van der Waals surface area contributed by atoms with E-state index in [9.17, 15) is 5.11 Å². The van der Waals surface area contributed by atoms with Crippen molar-refractivity contribution in [1.29, 1.82) is 0 Å². The topological polar surface area (TPSA) is 49.9 Å². The Labute approximate surface area is 134 Å². The van der Waals surface area contributed by atoms with E-state index in [1.807, 2.05) is 23.7 Å². The average molecular weight is 315 g/mol. The number of thiazole rings is 1. The lowest BCUT2D eigenvalue weighted by molar-refractivity contribution is 0.435. The molecular formula is C17H21N3OS. The lowest BCUT2D eigenvalue weighted by Crippen LogP contribution is -2.19. The van der Waals surface area contributed by atoms with Gasteiger partial charge in [0.2, 0.25) is 4.80 Å². The zero-order chi connectivity index (χ0) is 15.4. The van der Waals surface area contributed by atoms with Crippen LogP contribution in [-0.2, 0) is 0 Å². The molecule has 22 heavy (non-hydrogen) atoms. The fourth-order valence-corrected chi connectivity index (χ4v) is 3.59. The molecule has 0 amide bonds. The molecule has 4 nitrogen and oxygen atoms in total. The summed E-state index contributed by atoms with van der Waals surface area (Å²) < 4.78 is 1.89. The van der Waals surface area contributed by atoms with Crippen molar-refractivity contribution in [3.63, 3.8) is 0 Å². The average Bonchev–Trinajstić information content (AvgIpc) is 2.87. The van der Waals surface area contributed by atoms with E-state index in [1.54, 1.807) is 29.7 Å². The largest absolute Gasteiger partial charge is 0.508 e. The number of aryl methyl sites for hydroxylation is 1. The SMILES string of the molecule is Cc1csc(=NC2CCCCC2)n1N=Cc1cccc(O)c1. The minimum Gasteiger partial charge on any atom is -0.508 e. The molecule has 1 aromatic heterocycles. The molecule has 2 aromatic rings. The van der Waals surface area contributed by atoms with Crippen LogP contribution in [0, 0.1) is 6.92 Å². The van der Waals surface area contributed by atoms with Crippen molar-refractivity contribution in [2.75, 3.05) is 0 Å². The smallest absolute Gasteiger partial charge is 0.206 e. The van der Waals surface area contributed by atoms with E-state index in [2.05, 4.69) is 10.5 Å². The molecule has 0 bridgehead atoms. The highest BCUT2D eigenvalue weighted by molar-refractivity contribution is 7.07. The summed E-state index contributed by atoms with van der Waals surface area (Å²) in [5.74, 6) is 0.253. The Balaban J connectivity index is 1.87.